The van der Waals surface area contributed by atoms with Crippen molar-refractivity contribution < 1.29 is 18.3 Å². The van der Waals surface area contributed by atoms with Gasteiger partial charge in [0.2, 0.25) is 5.91 Å². The standard InChI is InChI=1S/C15H22F2N2O2/c16-15(17,11-18)12-19-14(20)7-4-9-21-10-8-13-5-2-1-3-6-13/h1-3,5-6H,4,7-12,18H2,(H,19,20). The molecule has 21 heavy (non-hydrogen) atoms. The van der Waals surface area contributed by atoms with E-state index in [4.69, 9.17) is 10.5 Å². The molecular weight excluding hydrogens is 278 g/mol. The summed E-state index contributed by atoms with van der Waals surface area (Å²) in [6, 6.07) is 9.94. The molecule has 0 heterocycles. The monoisotopic (exact) mass is 300 g/mol. The van der Waals surface area contributed by atoms with Gasteiger partial charge in [0.25, 0.3) is 5.92 Å². The van der Waals surface area contributed by atoms with Crippen molar-refractivity contribution in [3.05, 3.63) is 35.9 Å². The second kappa shape index (κ2) is 9.41. The van der Waals surface area contributed by atoms with Crippen molar-refractivity contribution in [3.63, 3.8) is 0 Å². The fraction of sp³-hybridized carbons (Fsp3) is 0.533. The van der Waals surface area contributed by atoms with Crippen molar-refractivity contribution in [1.82, 2.24) is 5.32 Å². The normalized spacial score (nSPS) is 11.4. The number of ether oxygens (including phenoxy) is 1. The fourth-order valence-electron chi connectivity index (χ4n) is 1.66. The average molecular weight is 300 g/mol. The minimum Gasteiger partial charge on any atom is -0.381 e. The Balaban J connectivity index is 2.00. The zero-order chi connectivity index (χ0) is 15.6. The highest BCUT2D eigenvalue weighted by Gasteiger charge is 2.26. The molecule has 0 fully saturated rings. The van der Waals surface area contributed by atoms with Crippen molar-refractivity contribution in [3.8, 4) is 0 Å². The third-order valence-corrected chi connectivity index (χ3v) is 2.91. The van der Waals surface area contributed by atoms with Gasteiger partial charge in [-0.25, -0.2) is 8.78 Å². The van der Waals surface area contributed by atoms with Gasteiger partial charge < -0.3 is 15.8 Å². The van der Waals surface area contributed by atoms with Crippen LogP contribution >= 0.6 is 0 Å². The van der Waals surface area contributed by atoms with Gasteiger partial charge in [-0.1, -0.05) is 30.3 Å². The van der Waals surface area contributed by atoms with E-state index in [0.29, 0.717) is 19.6 Å². The Kier molecular flexibility index (Phi) is 7.85. The molecule has 0 aliphatic carbocycles. The molecule has 0 bridgehead atoms. The van der Waals surface area contributed by atoms with Crippen LogP contribution < -0.4 is 11.1 Å². The molecular formula is C15H22F2N2O2. The van der Waals surface area contributed by atoms with Crippen LogP contribution in [0.5, 0.6) is 0 Å². The largest absolute Gasteiger partial charge is 0.381 e. The van der Waals surface area contributed by atoms with Gasteiger partial charge in [-0.3, -0.25) is 4.79 Å². The zero-order valence-corrected chi connectivity index (χ0v) is 12.0. The van der Waals surface area contributed by atoms with Gasteiger partial charge in [-0.15, -0.1) is 0 Å². The lowest BCUT2D eigenvalue weighted by Gasteiger charge is -2.14. The molecule has 0 aliphatic heterocycles. The third-order valence-electron chi connectivity index (χ3n) is 2.91. The summed E-state index contributed by atoms with van der Waals surface area (Å²) >= 11 is 0. The van der Waals surface area contributed by atoms with Crippen LogP contribution in [0.3, 0.4) is 0 Å². The highest BCUT2D eigenvalue weighted by atomic mass is 19.3. The molecule has 3 N–H and O–H groups in total. The van der Waals surface area contributed by atoms with Gasteiger partial charge >= 0.3 is 0 Å². The molecule has 0 spiro atoms. The molecule has 0 aromatic heterocycles. The summed E-state index contributed by atoms with van der Waals surface area (Å²) in [5.41, 5.74) is 6.07. The molecule has 1 aromatic rings. The van der Waals surface area contributed by atoms with Crippen molar-refractivity contribution in [2.24, 2.45) is 5.73 Å². The summed E-state index contributed by atoms with van der Waals surface area (Å²) in [4.78, 5) is 11.3. The minimum atomic E-state index is -3.04. The van der Waals surface area contributed by atoms with Crippen molar-refractivity contribution in [1.29, 1.82) is 0 Å². The van der Waals surface area contributed by atoms with Crippen LogP contribution in [-0.2, 0) is 16.0 Å². The van der Waals surface area contributed by atoms with E-state index in [1.807, 2.05) is 30.3 Å². The van der Waals surface area contributed by atoms with Crippen LogP contribution in [-0.4, -0.2) is 38.1 Å². The number of amides is 1. The fourth-order valence-corrected chi connectivity index (χ4v) is 1.66. The number of halogens is 2. The van der Waals surface area contributed by atoms with Crippen molar-refractivity contribution in [2.45, 2.75) is 25.2 Å². The predicted octanol–water partition coefficient (Wildman–Crippen LogP) is 1.74. The van der Waals surface area contributed by atoms with Gasteiger partial charge in [0.05, 0.1) is 19.7 Å². The maximum absolute atomic E-state index is 12.8. The minimum absolute atomic E-state index is 0.173. The molecule has 0 saturated heterocycles. The summed E-state index contributed by atoms with van der Waals surface area (Å²) in [5.74, 6) is -3.45. The van der Waals surface area contributed by atoms with Gasteiger partial charge in [-0.05, 0) is 18.4 Å². The summed E-state index contributed by atoms with van der Waals surface area (Å²) in [6.07, 6.45) is 1.50. The van der Waals surface area contributed by atoms with Crippen LogP contribution in [0, 0.1) is 0 Å². The summed E-state index contributed by atoms with van der Waals surface area (Å²) in [7, 11) is 0. The number of carbonyl (C=O) groups excluding carboxylic acids is 1. The van der Waals surface area contributed by atoms with Crippen molar-refractivity contribution >= 4 is 5.91 Å². The Bertz CT molecular complexity index is 413. The molecule has 118 valence electrons. The molecule has 6 heteroatoms. The predicted molar refractivity (Wildman–Crippen MR) is 77.2 cm³/mol. The second-order valence-electron chi connectivity index (χ2n) is 4.79. The number of alkyl halides is 2. The molecule has 0 atom stereocenters. The molecule has 1 aromatic carbocycles. The number of rotatable bonds is 10. The topological polar surface area (TPSA) is 64.3 Å². The smallest absolute Gasteiger partial charge is 0.277 e. The molecule has 1 rings (SSSR count). The third kappa shape index (κ3) is 8.37. The molecule has 1 amide bonds. The number of benzene rings is 1. The van der Waals surface area contributed by atoms with Crippen LogP contribution in [0.25, 0.3) is 0 Å². The SMILES string of the molecule is NCC(F)(F)CNC(=O)CCCOCCc1ccccc1. The Hall–Kier alpha value is -1.53. The lowest BCUT2D eigenvalue weighted by molar-refractivity contribution is -0.123. The maximum atomic E-state index is 12.8. The van der Waals surface area contributed by atoms with E-state index in [1.54, 1.807) is 0 Å². The number of nitrogens with one attached hydrogen (secondary N) is 1. The zero-order valence-electron chi connectivity index (χ0n) is 12.0. The maximum Gasteiger partial charge on any atom is 0.277 e. The van der Waals surface area contributed by atoms with E-state index < -0.39 is 24.9 Å². The molecule has 0 unspecified atom stereocenters. The second-order valence-corrected chi connectivity index (χ2v) is 4.79. The van der Waals surface area contributed by atoms with E-state index in [9.17, 15) is 13.6 Å². The van der Waals surface area contributed by atoms with Crippen LogP contribution in [0.2, 0.25) is 0 Å². The number of hydrogen-bond acceptors (Lipinski definition) is 3. The quantitative estimate of drug-likeness (QED) is 0.647. The Labute approximate surface area is 123 Å². The first-order valence-electron chi connectivity index (χ1n) is 7.00. The van der Waals surface area contributed by atoms with Gasteiger partial charge in [0.15, 0.2) is 0 Å². The summed E-state index contributed by atoms with van der Waals surface area (Å²) in [5, 5.41) is 2.17. The highest BCUT2D eigenvalue weighted by Crippen LogP contribution is 2.08. The first-order valence-corrected chi connectivity index (χ1v) is 7.00. The van der Waals surface area contributed by atoms with Gasteiger partial charge in [0.1, 0.15) is 0 Å². The number of carbonyl (C=O) groups is 1. The lowest BCUT2D eigenvalue weighted by Crippen LogP contribution is -2.41. The van der Waals surface area contributed by atoms with E-state index >= 15 is 0 Å². The van der Waals surface area contributed by atoms with Crippen molar-refractivity contribution in [2.75, 3.05) is 26.3 Å². The van der Waals surface area contributed by atoms with Crippen LogP contribution in [0.4, 0.5) is 8.78 Å². The van der Waals surface area contributed by atoms with Crippen LogP contribution in [0.15, 0.2) is 30.3 Å². The van der Waals surface area contributed by atoms with E-state index in [-0.39, 0.29) is 6.42 Å². The first-order chi connectivity index (χ1) is 10.0. The van der Waals surface area contributed by atoms with Crippen LogP contribution in [0.1, 0.15) is 18.4 Å². The first kappa shape index (κ1) is 17.5. The summed E-state index contributed by atoms with van der Waals surface area (Å²) in [6.45, 7) is -0.461. The molecule has 4 nitrogen and oxygen atoms in total. The molecule has 0 saturated carbocycles. The van der Waals surface area contributed by atoms with E-state index in [2.05, 4.69) is 5.32 Å². The molecule has 0 radical (unpaired) electrons. The summed E-state index contributed by atoms with van der Waals surface area (Å²) < 4.78 is 31.0. The Morgan fingerprint density at radius 2 is 1.95 bits per heavy atom. The Morgan fingerprint density at radius 1 is 1.24 bits per heavy atom. The van der Waals surface area contributed by atoms with E-state index in [1.165, 1.54) is 5.56 Å². The lowest BCUT2D eigenvalue weighted by atomic mass is 10.2. The van der Waals surface area contributed by atoms with E-state index in [0.717, 1.165) is 6.42 Å². The molecule has 0 aliphatic rings. The number of hydrogen-bond donors (Lipinski definition) is 2. The average Bonchev–Trinajstić information content (AvgIpc) is 2.50. The van der Waals surface area contributed by atoms with Gasteiger partial charge in [-0.2, -0.15) is 0 Å². The Morgan fingerprint density at radius 3 is 2.62 bits per heavy atom. The highest BCUT2D eigenvalue weighted by molar-refractivity contribution is 5.75. The van der Waals surface area contributed by atoms with Gasteiger partial charge in [0, 0.05) is 13.0 Å². The number of nitrogens with two attached hydrogens (primary N) is 1.